The van der Waals surface area contributed by atoms with Gasteiger partial charge in [0.05, 0.1) is 18.5 Å². The molecule has 1 aromatic carbocycles. The Balaban J connectivity index is 1.58. The van der Waals surface area contributed by atoms with Gasteiger partial charge in [-0.1, -0.05) is 12.1 Å². The topological polar surface area (TPSA) is 230 Å². The molecule has 2 aromatic heterocycles. The van der Waals surface area contributed by atoms with Crippen LogP contribution in [0, 0.1) is 0 Å². The first-order valence-corrected chi connectivity index (χ1v) is 13.3. The van der Waals surface area contributed by atoms with Gasteiger partial charge in [-0.25, -0.2) is 28.9 Å². The molecule has 36 heavy (non-hydrogen) atoms. The number of carbonyl (C=O) groups is 1. The molecule has 6 N–H and O–H groups in total. The van der Waals surface area contributed by atoms with Crippen molar-refractivity contribution in [2.75, 3.05) is 24.7 Å². The summed E-state index contributed by atoms with van der Waals surface area (Å²) in [5.74, 6) is -0.570. The number of phosphoric acid groups is 2. The second kappa shape index (κ2) is 10.2. The number of fused-ring (bicyclic) bond motifs is 1. The molecule has 3 aromatic rings. The van der Waals surface area contributed by atoms with Gasteiger partial charge in [0.15, 0.2) is 11.5 Å². The van der Waals surface area contributed by atoms with Gasteiger partial charge in [-0.15, -0.1) is 0 Å². The maximum atomic E-state index is 12.9. The number of hydrogen-bond donors (Lipinski definition) is 5. The molecule has 0 aliphatic carbocycles. The minimum atomic E-state index is -5.33. The Morgan fingerprint density at radius 3 is 2.72 bits per heavy atom. The van der Waals surface area contributed by atoms with Crippen molar-refractivity contribution in [3.63, 3.8) is 0 Å². The highest BCUT2D eigenvalue weighted by molar-refractivity contribution is 7.60. The zero-order valence-corrected chi connectivity index (χ0v) is 20.4. The summed E-state index contributed by atoms with van der Waals surface area (Å²) in [5.41, 5.74) is 7.21. The Hall–Kier alpha value is -2.94. The van der Waals surface area contributed by atoms with Crippen LogP contribution in [0.3, 0.4) is 0 Å². The molecular weight excluding hydrogens is 522 g/mol. The van der Waals surface area contributed by atoms with Gasteiger partial charge in [-0.05, 0) is 12.1 Å². The quantitative estimate of drug-likeness (QED) is 0.188. The third-order valence-corrected chi connectivity index (χ3v) is 7.32. The van der Waals surface area contributed by atoms with Gasteiger partial charge in [0.1, 0.15) is 30.3 Å². The number of para-hydroxylation sites is 1. The van der Waals surface area contributed by atoms with Crippen molar-refractivity contribution >= 4 is 44.3 Å². The van der Waals surface area contributed by atoms with Crippen LogP contribution in [0.2, 0.25) is 0 Å². The number of carbonyl (C=O) groups excluding carboxylic acids is 1. The number of benzene rings is 1. The number of nitrogen functional groups attached to an aromatic ring is 1. The van der Waals surface area contributed by atoms with E-state index in [9.17, 15) is 18.8 Å². The number of phosphoric ester groups is 1. The highest BCUT2D eigenvalue weighted by atomic mass is 31.3. The summed E-state index contributed by atoms with van der Waals surface area (Å²) in [4.78, 5) is 52.4. The summed E-state index contributed by atoms with van der Waals surface area (Å²) in [6.07, 6.45) is -0.300. The van der Waals surface area contributed by atoms with Crippen molar-refractivity contribution in [1.29, 1.82) is 0 Å². The molecule has 3 heterocycles. The average molecular weight is 544 g/mol. The molecule has 194 valence electrons. The number of aromatic nitrogens is 4. The summed E-state index contributed by atoms with van der Waals surface area (Å²) in [6.45, 7) is -0.709. The van der Waals surface area contributed by atoms with Crippen LogP contribution in [0.4, 0.5) is 11.5 Å². The number of rotatable bonds is 9. The van der Waals surface area contributed by atoms with Crippen LogP contribution in [0.1, 0.15) is 23.0 Å². The Bertz CT molecular complexity index is 1360. The number of nitrogens with two attached hydrogens (primary N) is 1. The van der Waals surface area contributed by atoms with Gasteiger partial charge >= 0.3 is 21.6 Å². The Labute approximate surface area is 203 Å². The van der Waals surface area contributed by atoms with Crippen molar-refractivity contribution < 1.29 is 46.9 Å². The molecule has 18 heteroatoms. The highest BCUT2D eigenvalue weighted by Crippen LogP contribution is 2.57. The molecule has 1 aliphatic rings. The van der Waals surface area contributed by atoms with Crippen molar-refractivity contribution in [3.05, 3.63) is 42.5 Å². The van der Waals surface area contributed by atoms with E-state index in [4.69, 9.17) is 29.5 Å². The molecule has 0 saturated carbocycles. The molecule has 1 fully saturated rings. The van der Waals surface area contributed by atoms with E-state index in [1.807, 2.05) is 0 Å². The molecule has 0 radical (unpaired) electrons. The van der Waals surface area contributed by atoms with Gasteiger partial charge in [0.2, 0.25) is 0 Å². The second-order valence-electron chi connectivity index (χ2n) is 7.52. The van der Waals surface area contributed by atoms with E-state index < -0.39 is 46.7 Å². The maximum Gasteiger partial charge on any atom is 0.481 e. The van der Waals surface area contributed by atoms with Gasteiger partial charge < -0.3 is 35.2 Å². The molecule has 4 rings (SSSR count). The summed E-state index contributed by atoms with van der Waals surface area (Å²) < 4.78 is 44.5. The number of nitrogens with zero attached hydrogens (tertiary/aromatic N) is 4. The zero-order chi connectivity index (χ0) is 26.1. The van der Waals surface area contributed by atoms with E-state index in [0.717, 1.165) is 0 Å². The number of nitrogens with one attached hydrogen (secondary N) is 1. The number of anilines is 2. The number of hydrogen-bond acceptors (Lipinski definition) is 12. The van der Waals surface area contributed by atoms with Crippen molar-refractivity contribution in [2.24, 2.45) is 0 Å². The van der Waals surface area contributed by atoms with E-state index in [2.05, 4.69) is 24.6 Å². The summed E-state index contributed by atoms with van der Waals surface area (Å²) in [5, 5.41) is 2.88. The van der Waals surface area contributed by atoms with Gasteiger partial charge in [-0.3, -0.25) is 9.09 Å². The lowest BCUT2D eigenvalue weighted by molar-refractivity contribution is -0.0490. The molecule has 1 aliphatic heterocycles. The monoisotopic (exact) mass is 544 g/mol. The normalized spacial score (nSPS) is 21.8. The fourth-order valence-electron chi connectivity index (χ4n) is 3.63. The Morgan fingerprint density at radius 2 is 2.00 bits per heavy atom. The first-order chi connectivity index (χ1) is 17.0. The second-order valence-corrected chi connectivity index (χ2v) is 10.4. The van der Waals surface area contributed by atoms with Crippen LogP contribution >= 0.6 is 15.6 Å². The minimum absolute atomic E-state index is 0.0476. The first kappa shape index (κ1) is 26.1. The van der Waals surface area contributed by atoms with Crippen LogP contribution < -0.4 is 11.1 Å². The Kier molecular flexibility index (Phi) is 7.41. The molecule has 1 saturated heterocycles. The van der Waals surface area contributed by atoms with Gasteiger partial charge in [-0.2, -0.15) is 4.31 Å². The van der Waals surface area contributed by atoms with E-state index in [1.165, 1.54) is 17.2 Å². The lowest BCUT2D eigenvalue weighted by atomic mass is 10.1. The van der Waals surface area contributed by atoms with Crippen LogP contribution in [0.5, 0.6) is 0 Å². The van der Waals surface area contributed by atoms with Crippen LogP contribution in [0.25, 0.3) is 11.2 Å². The number of esters is 1. The van der Waals surface area contributed by atoms with Crippen molar-refractivity contribution in [3.8, 4) is 0 Å². The molecule has 4 atom stereocenters. The third kappa shape index (κ3) is 5.88. The fraction of sp³-hybridized carbons (Fsp3) is 0.333. The molecule has 1 unspecified atom stereocenters. The number of ether oxygens (including phenoxy) is 2. The van der Waals surface area contributed by atoms with Crippen LogP contribution in [-0.4, -0.2) is 66.0 Å². The lowest BCUT2D eigenvalue weighted by Crippen LogP contribution is -2.31. The van der Waals surface area contributed by atoms with E-state index in [1.54, 1.807) is 31.3 Å². The maximum absolute atomic E-state index is 12.9. The molecule has 0 bridgehead atoms. The van der Waals surface area contributed by atoms with Crippen LogP contribution in [-0.2, 0) is 27.4 Å². The number of imidazole rings is 1. The van der Waals surface area contributed by atoms with E-state index in [0.29, 0.717) is 16.9 Å². The van der Waals surface area contributed by atoms with E-state index >= 15 is 0 Å². The zero-order valence-electron chi connectivity index (χ0n) is 18.6. The fourth-order valence-corrected chi connectivity index (χ4v) is 5.23. The molecule has 0 spiro atoms. The summed E-state index contributed by atoms with van der Waals surface area (Å²) in [7, 11) is -8.87. The Morgan fingerprint density at radius 1 is 1.25 bits per heavy atom. The van der Waals surface area contributed by atoms with Gasteiger partial charge in [0.25, 0.3) is 0 Å². The minimum Gasteiger partial charge on any atom is -0.456 e. The van der Waals surface area contributed by atoms with Crippen molar-refractivity contribution in [2.45, 2.75) is 24.9 Å². The first-order valence-electron chi connectivity index (χ1n) is 10.3. The molecular formula is C18H22N6O10P2. The standard InChI is InChI=1S/C18H22N6O10P2/c1-20-11-5-3-2-4-10(11)18(25)33-12-6-14(24-9-23-15-16(19)21-8-22-17(15)24)32-13(12)7-31-36(29,30)34-35(26,27)28/h2-5,8-9,12-14,20H,6-7H2,1H3,(H,29,30)(H2,19,21,22)(H2,26,27,28)/t12-,13+,14+/m0/s1. The lowest BCUT2D eigenvalue weighted by Gasteiger charge is -2.20. The predicted octanol–water partition coefficient (Wildman–Crippen LogP) is 1.19. The SMILES string of the molecule is CNc1ccccc1C(=O)O[C@H]1C[C@H](n2cnc3c(N)ncnc32)O[C@@H]1COP(=O)(O)OP(=O)(O)O. The van der Waals surface area contributed by atoms with E-state index in [-0.39, 0.29) is 17.8 Å². The van der Waals surface area contributed by atoms with Gasteiger partial charge in [0, 0.05) is 19.2 Å². The molecule has 16 nitrogen and oxygen atoms in total. The predicted molar refractivity (Wildman–Crippen MR) is 122 cm³/mol. The summed E-state index contributed by atoms with van der Waals surface area (Å²) >= 11 is 0. The van der Waals surface area contributed by atoms with Crippen LogP contribution in [0.15, 0.2) is 36.9 Å². The summed E-state index contributed by atoms with van der Waals surface area (Å²) in [6, 6.07) is 6.60. The third-order valence-electron chi connectivity index (χ3n) is 5.16. The largest absolute Gasteiger partial charge is 0.481 e. The van der Waals surface area contributed by atoms with Crippen molar-refractivity contribution in [1.82, 2.24) is 19.5 Å². The average Bonchev–Trinajstić information content (AvgIpc) is 3.41. The molecule has 0 amide bonds. The smallest absolute Gasteiger partial charge is 0.456 e. The highest BCUT2D eigenvalue weighted by Gasteiger charge is 2.42.